The molecule has 0 spiro atoms. The topological polar surface area (TPSA) is 34.9 Å². The van der Waals surface area contributed by atoms with E-state index in [9.17, 15) is 4.79 Å². The Morgan fingerprint density at radius 3 is 2.79 bits per heavy atom. The number of nitrogens with zero attached hydrogens (tertiary/aromatic N) is 2. The lowest BCUT2D eigenvalue weighted by Crippen LogP contribution is -2.18. The first-order valence-corrected chi connectivity index (χ1v) is 5.46. The SMILES string of the molecule is CCn1c(=O)ccc2ccc(I)nc21. The largest absolute Gasteiger partial charge is 0.293 e. The number of rotatable bonds is 1. The van der Waals surface area contributed by atoms with Crippen molar-refractivity contribution < 1.29 is 0 Å². The maximum atomic E-state index is 11.5. The molecule has 14 heavy (non-hydrogen) atoms. The van der Waals surface area contributed by atoms with E-state index in [4.69, 9.17) is 0 Å². The first kappa shape index (κ1) is 9.64. The third-order valence-corrected chi connectivity index (χ3v) is 2.72. The van der Waals surface area contributed by atoms with E-state index in [-0.39, 0.29) is 5.56 Å². The number of hydrogen-bond acceptors (Lipinski definition) is 2. The molecule has 0 saturated heterocycles. The second kappa shape index (κ2) is 3.68. The third-order valence-electron chi connectivity index (χ3n) is 2.11. The average molecular weight is 300 g/mol. The van der Waals surface area contributed by atoms with Gasteiger partial charge in [0.25, 0.3) is 5.56 Å². The van der Waals surface area contributed by atoms with Crippen molar-refractivity contribution in [3.8, 4) is 0 Å². The van der Waals surface area contributed by atoms with E-state index in [2.05, 4.69) is 27.6 Å². The van der Waals surface area contributed by atoms with Crippen LogP contribution in [-0.4, -0.2) is 9.55 Å². The normalized spacial score (nSPS) is 10.7. The molecule has 2 aromatic heterocycles. The molecule has 0 N–H and O–H groups in total. The van der Waals surface area contributed by atoms with Crippen LogP contribution in [0.25, 0.3) is 11.0 Å². The lowest BCUT2D eigenvalue weighted by atomic mass is 10.3. The van der Waals surface area contributed by atoms with Crippen molar-refractivity contribution in [1.29, 1.82) is 0 Å². The molecule has 0 amide bonds. The lowest BCUT2D eigenvalue weighted by Gasteiger charge is -2.05. The highest BCUT2D eigenvalue weighted by Crippen LogP contribution is 2.11. The van der Waals surface area contributed by atoms with Crippen molar-refractivity contribution in [3.05, 3.63) is 38.3 Å². The Morgan fingerprint density at radius 1 is 1.36 bits per heavy atom. The number of aromatic nitrogens is 2. The standard InChI is InChI=1S/C10H9IN2O/c1-2-13-9(14)6-4-7-3-5-8(11)12-10(7)13/h3-6H,2H2,1H3. The summed E-state index contributed by atoms with van der Waals surface area (Å²) in [5.41, 5.74) is 0.779. The molecule has 0 aliphatic heterocycles. The molecule has 0 aliphatic carbocycles. The molecular formula is C10H9IN2O. The molecule has 0 unspecified atom stereocenters. The molecule has 4 heteroatoms. The van der Waals surface area contributed by atoms with Gasteiger partial charge >= 0.3 is 0 Å². The van der Waals surface area contributed by atoms with Crippen LogP contribution in [0.3, 0.4) is 0 Å². The van der Waals surface area contributed by atoms with Gasteiger partial charge in [-0.1, -0.05) is 0 Å². The monoisotopic (exact) mass is 300 g/mol. The highest BCUT2D eigenvalue weighted by atomic mass is 127. The van der Waals surface area contributed by atoms with Crippen LogP contribution in [0.1, 0.15) is 6.92 Å². The number of halogens is 1. The summed E-state index contributed by atoms with van der Waals surface area (Å²) in [6, 6.07) is 7.32. The molecule has 0 aromatic carbocycles. The average Bonchev–Trinajstić information content (AvgIpc) is 2.17. The van der Waals surface area contributed by atoms with E-state index < -0.39 is 0 Å². The molecule has 2 rings (SSSR count). The zero-order valence-corrected chi connectivity index (χ0v) is 9.85. The van der Waals surface area contributed by atoms with Crippen molar-refractivity contribution in [2.24, 2.45) is 0 Å². The summed E-state index contributed by atoms with van der Waals surface area (Å²) in [5, 5.41) is 1.01. The van der Waals surface area contributed by atoms with Gasteiger partial charge in [0.2, 0.25) is 0 Å². The first-order chi connectivity index (χ1) is 6.72. The van der Waals surface area contributed by atoms with Gasteiger partial charge in [0.05, 0.1) is 0 Å². The van der Waals surface area contributed by atoms with E-state index in [1.807, 2.05) is 25.1 Å². The predicted molar refractivity (Wildman–Crippen MR) is 64.4 cm³/mol. The van der Waals surface area contributed by atoms with Crippen molar-refractivity contribution in [1.82, 2.24) is 9.55 Å². The second-order valence-corrected chi connectivity index (χ2v) is 4.07. The van der Waals surface area contributed by atoms with Crippen molar-refractivity contribution in [2.45, 2.75) is 13.5 Å². The Bertz CT molecular complexity index is 533. The van der Waals surface area contributed by atoms with E-state index >= 15 is 0 Å². The molecule has 0 aliphatic rings. The highest BCUT2D eigenvalue weighted by Gasteiger charge is 2.02. The van der Waals surface area contributed by atoms with Gasteiger partial charge in [-0.15, -0.1) is 0 Å². The zero-order valence-electron chi connectivity index (χ0n) is 7.70. The van der Waals surface area contributed by atoms with Crippen LogP contribution in [0.15, 0.2) is 29.1 Å². The van der Waals surface area contributed by atoms with Gasteiger partial charge in [0.15, 0.2) is 0 Å². The molecule has 3 nitrogen and oxygen atoms in total. The number of fused-ring (bicyclic) bond motifs is 1. The van der Waals surface area contributed by atoms with Crippen molar-refractivity contribution in [2.75, 3.05) is 0 Å². The summed E-state index contributed by atoms with van der Waals surface area (Å²) in [6.45, 7) is 2.60. The van der Waals surface area contributed by atoms with E-state index in [0.717, 1.165) is 14.7 Å². The van der Waals surface area contributed by atoms with Crippen LogP contribution in [-0.2, 0) is 6.54 Å². The molecule has 72 valence electrons. The van der Waals surface area contributed by atoms with Gasteiger partial charge in [0, 0.05) is 18.0 Å². The van der Waals surface area contributed by atoms with Crippen LogP contribution < -0.4 is 5.56 Å². The first-order valence-electron chi connectivity index (χ1n) is 4.38. The minimum absolute atomic E-state index is 0.00880. The van der Waals surface area contributed by atoms with Crippen LogP contribution in [0, 0.1) is 3.70 Å². The number of hydrogen-bond donors (Lipinski definition) is 0. The Balaban J connectivity index is 2.91. The van der Waals surface area contributed by atoms with Crippen LogP contribution in [0.5, 0.6) is 0 Å². The summed E-state index contributed by atoms with van der Waals surface area (Å²) in [7, 11) is 0. The fraction of sp³-hybridized carbons (Fsp3) is 0.200. The third kappa shape index (κ3) is 1.54. The number of pyridine rings is 2. The number of aryl methyl sites for hydroxylation is 1. The minimum Gasteiger partial charge on any atom is -0.293 e. The Morgan fingerprint density at radius 2 is 2.07 bits per heavy atom. The predicted octanol–water partition coefficient (Wildman–Crippen LogP) is 2.02. The molecule has 2 aromatic rings. The van der Waals surface area contributed by atoms with Crippen molar-refractivity contribution in [3.63, 3.8) is 0 Å². The molecule has 2 heterocycles. The Kier molecular flexibility index (Phi) is 2.54. The molecule has 0 atom stereocenters. The Hall–Kier alpha value is -0.910. The van der Waals surface area contributed by atoms with Crippen LogP contribution in [0.2, 0.25) is 0 Å². The molecule has 0 radical (unpaired) electrons. The lowest BCUT2D eigenvalue weighted by molar-refractivity contribution is 0.749. The van der Waals surface area contributed by atoms with Gasteiger partial charge in [-0.25, -0.2) is 4.98 Å². The van der Waals surface area contributed by atoms with E-state index in [1.54, 1.807) is 10.6 Å². The van der Waals surface area contributed by atoms with Gasteiger partial charge in [-0.2, -0.15) is 0 Å². The zero-order chi connectivity index (χ0) is 10.1. The smallest absolute Gasteiger partial charge is 0.252 e. The van der Waals surface area contributed by atoms with Crippen LogP contribution in [0.4, 0.5) is 0 Å². The fourth-order valence-corrected chi connectivity index (χ4v) is 1.85. The molecular weight excluding hydrogens is 291 g/mol. The van der Waals surface area contributed by atoms with Gasteiger partial charge in [0.1, 0.15) is 9.35 Å². The van der Waals surface area contributed by atoms with Crippen molar-refractivity contribution >= 4 is 33.6 Å². The van der Waals surface area contributed by atoms with Gasteiger partial charge in [-0.05, 0) is 47.7 Å². The highest BCUT2D eigenvalue weighted by molar-refractivity contribution is 14.1. The maximum absolute atomic E-state index is 11.5. The summed E-state index contributed by atoms with van der Waals surface area (Å²) in [6.07, 6.45) is 0. The van der Waals surface area contributed by atoms with Gasteiger partial charge < -0.3 is 0 Å². The maximum Gasteiger partial charge on any atom is 0.252 e. The minimum atomic E-state index is 0.00880. The van der Waals surface area contributed by atoms with E-state index in [1.165, 1.54) is 0 Å². The quantitative estimate of drug-likeness (QED) is 0.596. The van der Waals surface area contributed by atoms with Gasteiger partial charge in [-0.3, -0.25) is 9.36 Å². The summed E-state index contributed by atoms with van der Waals surface area (Å²) < 4.78 is 2.58. The summed E-state index contributed by atoms with van der Waals surface area (Å²) in [5.74, 6) is 0. The molecule has 0 bridgehead atoms. The fourth-order valence-electron chi connectivity index (χ4n) is 1.44. The van der Waals surface area contributed by atoms with Crippen LogP contribution >= 0.6 is 22.6 Å². The summed E-state index contributed by atoms with van der Waals surface area (Å²) >= 11 is 2.15. The Labute approximate surface area is 94.9 Å². The second-order valence-electron chi connectivity index (χ2n) is 2.96. The molecule has 0 fully saturated rings. The molecule has 0 saturated carbocycles. The van der Waals surface area contributed by atoms with E-state index in [0.29, 0.717) is 6.54 Å². The summed E-state index contributed by atoms with van der Waals surface area (Å²) in [4.78, 5) is 15.9.